The number of nitrogens with one attached hydrogen (secondary N) is 1. The maximum absolute atomic E-state index is 13.1. The Balaban J connectivity index is 1.30. The minimum atomic E-state index is -0.206. The normalized spacial score (nSPS) is 21.4. The van der Waals surface area contributed by atoms with Gasteiger partial charge in [-0.15, -0.1) is 0 Å². The van der Waals surface area contributed by atoms with Gasteiger partial charge in [-0.25, -0.2) is 0 Å². The lowest BCUT2D eigenvalue weighted by molar-refractivity contribution is -0.122. The third-order valence-electron chi connectivity index (χ3n) is 9.54. The molecule has 7 nitrogen and oxygen atoms in total. The first-order chi connectivity index (χ1) is 19.2. The van der Waals surface area contributed by atoms with Crippen LogP contribution in [-0.4, -0.2) is 58.7 Å². The van der Waals surface area contributed by atoms with E-state index in [2.05, 4.69) is 45.2 Å². The van der Waals surface area contributed by atoms with Crippen LogP contribution in [0.2, 0.25) is 0 Å². The van der Waals surface area contributed by atoms with E-state index in [9.17, 15) is 9.59 Å². The lowest BCUT2D eigenvalue weighted by Crippen LogP contribution is -2.45. The summed E-state index contributed by atoms with van der Waals surface area (Å²) >= 11 is 0. The number of piperidine rings is 1. The number of aromatic nitrogens is 2. The van der Waals surface area contributed by atoms with Crippen LogP contribution in [0.5, 0.6) is 0 Å². The summed E-state index contributed by atoms with van der Waals surface area (Å²) in [4.78, 5) is 30.1. The fourth-order valence-electron chi connectivity index (χ4n) is 6.85. The van der Waals surface area contributed by atoms with Gasteiger partial charge in [-0.2, -0.15) is 5.10 Å². The lowest BCUT2D eigenvalue weighted by Gasteiger charge is -2.32. The van der Waals surface area contributed by atoms with Crippen LogP contribution in [0, 0.1) is 0 Å². The summed E-state index contributed by atoms with van der Waals surface area (Å²) in [5, 5.41) is 8.35. The van der Waals surface area contributed by atoms with E-state index < -0.39 is 0 Å². The number of carbonyl (C=O) groups is 2. The molecule has 1 aromatic carbocycles. The molecule has 2 amide bonds. The first-order valence-corrected chi connectivity index (χ1v) is 15.6. The summed E-state index contributed by atoms with van der Waals surface area (Å²) in [6.07, 6.45) is 16.3. The molecule has 0 bridgehead atoms. The van der Waals surface area contributed by atoms with Crippen molar-refractivity contribution >= 4 is 18.1 Å². The number of rotatable bonds is 12. The van der Waals surface area contributed by atoms with E-state index in [1.165, 1.54) is 62.5 Å². The molecule has 6 rings (SSSR count). The van der Waals surface area contributed by atoms with Crippen LogP contribution in [0.4, 0.5) is 5.82 Å². The van der Waals surface area contributed by atoms with Gasteiger partial charge in [-0.1, -0.05) is 43.5 Å². The van der Waals surface area contributed by atoms with Gasteiger partial charge < -0.3 is 10.2 Å². The Bertz CT molecular complexity index is 1130. The van der Waals surface area contributed by atoms with E-state index in [0.29, 0.717) is 30.2 Å². The van der Waals surface area contributed by atoms with Crippen LogP contribution in [0.15, 0.2) is 30.3 Å². The quantitative estimate of drug-likeness (QED) is 0.351. The minimum Gasteiger partial charge on any atom is -0.353 e. The van der Waals surface area contributed by atoms with Crippen molar-refractivity contribution in [2.24, 2.45) is 0 Å². The number of amides is 2. The fourth-order valence-corrected chi connectivity index (χ4v) is 6.85. The average molecular weight is 532 g/mol. The molecule has 1 aromatic heterocycles. The van der Waals surface area contributed by atoms with Crippen molar-refractivity contribution in [2.75, 3.05) is 24.5 Å². The largest absolute Gasteiger partial charge is 0.353 e. The molecule has 3 saturated carbocycles. The van der Waals surface area contributed by atoms with Crippen molar-refractivity contribution in [1.82, 2.24) is 20.0 Å². The molecule has 1 N–H and O–H groups in total. The van der Waals surface area contributed by atoms with Gasteiger partial charge in [-0.3, -0.25) is 19.2 Å². The Hall–Kier alpha value is -2.67. The summed E-state index contributed by atoms with van der Waals surface area (Å²) in [6, 6.07) is 11.3. The maximum Gasteiger partial charge on any atom is 0.222 e. The number of nitrogens with zero attached hydrogens (tertiary/aromatic N) is 4. The number of hydrogen-bond acceptors (Lipinski definition) is 4. The molecule has 4 fully saturated rings. The number of anilines is 1. The second-order valence-corrected chi connectivity index (χ2v) is 12.4. The molecule has 210 valence electrons. The second-order valence-electron chi connectivity index (χ2n) is 12.4. The van der Waals surface area contributed by atoms with E-state index in [1.807, 2.05) is 0 Å². The molecule has 2 aromatic rings. The smallest absolute Gasteiger partial charge is 0.222 e. The standard InChI is InChI=1S/C32H45N5O2/c38-23-36(27(17-20-35-18-6-1-7-19-35)21-32(39)33-25-9-8-10-25)31-22-30(37(34-31)26-11-2-3-12-26)29-14-5-4-13-28(29)24-15-16-24/h4-5,13-14,22-27H,1-3,6-12,15-21H2,(H,33,39)/t27-/m0/s1. The van der Waals surface area contributed by atoms with E-state index in [1.54, 1.807) is 4.90 Å². The van der Waals surface area contributed by atoms with Gasteiger partial charge in [0.2, 0.25) is 12.3 Å². The molecule has 1 atom stereocenters. The second kappa shape index (κ2) is 12.2. The highest BCUT2D eigenvalue weighted by molar-refractivity contribution is 5.82. The SMILES string of the molecule is O=CN(c1cc(-c2ccccc2C2CC2)n(C2CCCC2)n1)[C@@H](CCN1CCCCC1)CC(=O)NC1CCC1. The van der Waals surface area contributed by atoms with Gasteiger partial charge in [0.25, 0.3) is 0 Å². The monoisotopic (exact) mass is 531 g/mol. The zero-order valence-corrected chi connectivity index (χ0v) is 23.4. The van der Waals surface area contributed by atoms with Crippen molar-refractivity contribution in [3.05, 3.63) is 35.9 Å². The molecule has 1 aliphatic heterocycles. The van der Waals surface area contributed by atoms with Crippen LogP contribution < -0.4 is 10.2 Å². The van der Waals surface area contributed by atoms with Crippen LogP contribution in [-0.2, 0) is 9.59 Å². The summed E-state index contributed by atoms with van der Waals surface area (Å²) in [6.45, 7) is 3.13. The van der Waals surface area contributed by atoms with E-state index in [0.717, 1.165) is 63.8 Å². The predicted molar refractivity (Wildman–Crippen MR) is 155 cm³/mol. The van der Waals surface area contributed by atoms with Crippen LogP contribution in [0.3, 0.4) is 0 Å². The highest BCUT2D eigenvalue weighted by Crippen LogP contribution is 2.46. The third-order valence-corrected chi connectivity index (χ3v) is 9.54. The van der Waals surface area contributed by atoms with Crippen molar-refractivity contribution in [1.29, 1.82) is 0 Å². The van der Waals surface area contributed by atoms with Crippen molar-refractivity contribution in [3.8, 4) is 11.3 Å². The minimum absolute atomic E-state index is 0.0599. The van der Waals surface area contributed by atoms with Gasteiger partial charge in [0.15, 0.2) is 5.82 Å². The molecule has 4 aliphatic rings. The summed E-state index contributed by atoms with van der Waals surface area (Å²) in [5.41, 5.74) is 3.78. The predicted octanol–water partition coefficient (Wildman–Crippen LogP) is 5.81. The molecule has 3 aliphatic carbocycles. The molecule has 7 heteroatoms. The number of hydrogen-bond donors (Lipinski definition) is 1. The number of likely N-dealkylation sites (tertiary alicyclic amines) is 1. The first-order valence-electron chi connectivity index (χ1n) is 15.6. The van der Waals surface area contributed by atoms with E-state index in [-0.39, 0.29) is 11.9 Å². The van der Waals surface area contributed by atoms with Crippen molar-refractivity contribution in [3.63, 3.8) is 0 Å². The molecule has 2 heterocycles. The molecule has 39 heavy (non-hydrogen) atoms. The Morgan fingerprint density at radius 1 is 1.00 bits per heavy atom. The highest BCUT2D eigenvalue weighted by Gasteiger charge is 2.32. The Morgan fingerprint density at radius 3 is 2.46 bits per heavy atom. The molecule has 1 saturated heterocycles. The molecular weight excluding hydrogens is 486 g/mol. The third kappa shape index (κ3) is 6.24. The topological polar surface area (TPSA) is 70.5 Å². The van der Waals surface area contributed by atoms with Crippen LogP contribution in [0.1, 0.15) is 107 Å². The maximum atomic E-state index is 13.1. The van der Waals surface area contributed by atoms with Crippen molar-refractivity contribution in [2.45, 2.75) is 114 Å². The summed E-state index contributed by atoms with van der Waals surface area (Å²) in [5.74, 6) is 1.38. The summed E-state index contributed by atoms with van der Waals surface area (Å²) < 4.78 is 2.22. The van der Waals surface area contributed by atoms with Crippen molar-refractivity contribution < 1.29 is 9.59 Å². The van der Waals surface area contributed by atoms with Gasteiger partial charge >= 0.3 is 0 Å². The molecule has 0 unspecified atom stereocenters. The zero-order valence-electron chi connectivity index (χ0n) is 23.4. The molecule has 0 spiro atoms. The van der Waals surface area contributed by atoms with Crippen LogP contribution in [0.25, 0.3) is 11.3 Å². The van der Waals surface area contributed by atoms with Gasteiger partial charge in [0.1, 0.15) is 0 Å². The number of benzene rings is 1. The Morgan fingerprint density at radius 2 is 1.77 bits per heavy atom. The van der Waals surface area contributed by atoms with Gasteiger partial charge in [0.05, 0.1) is 11.7 Å². The van der Waals surface area contributed by atoms with Crippen LogP contribution >= 0.6 is 0 Å². The summed E-state index contributed by atoms with van der Waals surface area (Å²) in [7, 11) is 0. The lowest BCUT2D eigenvalue weighted by atomic mass is 9.93. The van der Waals surface area contributed by atoms with Gasteiger partial charge in [0, 0.05) is 36.7 Å². The molecule has 0 radical (unpaired) electrons. The Kier molecular flexibility index (Phi) is 8.33. The van der Waals surface area contributed by atoms with E-state index >= 15 is 0 Å². The Labute approximate surface area is 233 Å². The fraction of sp³-hybridized carbons (Fsp3) is 0.656. The first kappa shape index (κ1) is 26.5. The molecular formula is C32H45N5O2. The van der Waals surface area contributed by atoms with E-state index in [4.69, 9.17) is 5.10 Å². The average Bonchev–Trinajstić information content (AvgIpc) is 3.46. The highest BCUT2D eigenvalue weighted by atomic mass is 16.2. The van der Waals surface area contributed by atoms with Gasteiger partial charge in [-0.05, 0) is 88.8 Å². The number of carbonyl (C=O) groups excluding carboxylic acids is 2. The zero-order chi connectivity index (χ0) is 26.6.